The van der Waals surface area contributed by atoms with Gasteiger partial charge in [-0.3, -0.25) is 0 Å². The van der Waals surface area contributed by atoms with Crippen molar-refractivity contribution in [1.29, 1.82) is 5.26 Å². The van der Waals surface area contributed by atoms with Gasteiger partial charge >= 0.3 is 0 Å². The van der Waals surface area contributed by atoms with Gasteiger partial charge in [0.2, 0.25) is 5.95 Å². The minimum absolute atomic E-state index is 0.0573. The Bertz CT molecular complexity index is 321. The van der Waals surface area contributed by atoms with E-state index in [-0.39, 0.29) is 15.9 Å². The van der Waals surface area contributed by atoms with Crippen LogP contribution in [0.4, 0.5) is 5.95 Å². The standard InChI is InChI=1S/C6H4Cl2N4/c1-10-6-11-4(7)3(2-9)5(8)12-6/h1H3,(H,10,11,12). The van der Waals surface area contributed by atoms with Gasteiger partial charge in [-0.15, -0.1) is 0 Å². The van der Waals surface area contributed by atoms with Crippen molar-refractivity contribution in [2.24, 2.45) is 0 Å². The first-order valence-corrected chi connectivity index (χ1v) is 3.75. The van der Waals surface area contributed by atoms with E-state index in [1.54, 1.807) is 13.1 Å². The van der Waals surface area contributed by atoms with Crippen molar-refractivity contribution in [1.82, 2.24) is 9.97 Å². The number of nitrogens with one attached hydrogen (secondary N) is 1. The number of anilines is 1. The van der Waals surface area contributed by atoms with E-state index in [1.165, 1.54) is 0 Å². The summed E-state index contributed by atoms with van der Waals surface area (Å²) in [5, 5.41) is 11.3. The van der Waals surface area contributed by atoms with Gasteiger partial charge < -0.3 is 5.32 Å². The van der Waals surface area contributed by atoms with Gasteiger partial charge in [-0.05, 0) is 0 Å². The van der Waals surface area contributed by atoms with Crippen LogP contribution in [0.3, 0.4) is 0 Å². The van der Waals surface area contributed by atoms with Crippen LogP contribution in [0.1, 0.15) is 5.56 Å². The van der Waals surface area contributed by atoms with Gasteiger partial charge in [-0.1, -0.05) is 23.2 Å². The largest absolute Gasteiger partial charge is 0.357 e. The first kappa shape index (κ1) is 9.04. The SMILES string of the molecule is CNc1nc(Cl)c(C#N)c(Cl)n1. The smallest absolute Gasteiger partial charge is 0.225 e. The molecule has 0 aromatic carbocycles. The molecule has 0 fully saturated rings. The Balaban J connectivity index is 3.30. The van der Waals surface area contributed by atoms with E-state index in [4.69, 9.17) is 28.5 Å². The molecule has 0 aliphatic heterocycles. The molecule has 62 valence electrons. The molecule has 0 bridgehead atoms. The van der Waals surface area contributed by atoms with E-state index in [2.05, 4.69) is 15.3 Å². The zero-order valence-corrected chi connectivity index (χ0v) is 7.61. The average Bonchev–Trinajstić information content (AvgIpc) is 2.03. The Labute approximate surface area is 79.1 Å². The van der Waals surface area contributed by atoms with E-state index >= 15 is 0 Å². The van der Waals surface area contributed by atoms with Gasteiger partial charge in [0, 0.05) is 7.05 Å². The molecular formula is C6H4Cl2N4. The highest BCUT2D eigenvalue weighted by molar-refractivity contribution is 6.35. The molecule has 0 spiro atoms. The van der Waals surface area contributed by atoms with Gasteiger partial charge in [-0.2, -0.15) is 15.2 Å². The van der Waals surface area contributed by atoms with Crippen LogP contribution >= 0.6 is 23.2 Å². The van der Waals surface area contributed by atoms with E-state index < -0.39 is 0 Å². The van der Waals surface area contributed by atoms with E-state index in [0.717, 1.165) is 0 Å². The maximum absolute atomic E-state index is 8.54. The Morgan fingerprint density at radius 1 is 1.33 bits per heavy atom. The van der Waals surface area contributed by atoms with E-state index in [1.807, 2.05) is 0 Å². The molecule has 1 aromatic rings. The molecule has 1 rings (SSSR count). The van der Waals surface area contributed by atoms with Crippen LogP contribution in [0.2, 0.25) is 10.3 Å². The molecule has 0 atom stereocenters. The fourth-order valence-corrected chi connectivity index (χ4v) is 1.08. The van der Waals surface area contributed by atoms with Crippen molar-refractivity contribution in [3.63, 3.8) is 0 Å². The third-order valence-corrected chi connectivity index (χ3v) is 1.70. The molecule has 0 radical (unpaired) electrons. The molecule has 0 aliphatic carbocycles. The van der Waals surface area contributed by atoms with Gasteiger partial charge in [0.1, 0.15) is 11.6 Å². The molecule has 0 unspecified atom stereocenters. The topological polar surface area (TPSA) is 61.6 Å². The van der Waals surface area contributed by atoms with Crippen LogP contribution in [0.15, 0.2) is 0 Å². The van der Waals surface area contributed by atoms with Gasteiger partial charge in [0.15, 0.2) is 10.3 Å². The highest BCUT2D eigenvalue weighted by Gasteiger charge is 2.09. The second-order valence-electron chi connectivity index (χ2n) is 1.87. The molecular weight excluding hydrogens is 199 g/mol. The predicted molar refractivity (Wildman–Crippen MR) is 46.3 cm³/mol. The lowest BCUT2D eigenvalue weighted by Gasteiger charge is -2.00. The lowest BCUT2D eigenvalue weighted by Crippen LogP contribution is -1.98. The van der Waals surface area contributed by atoms with Crippen LogP contribution < -0.4 is 5.32 Å². The maximum atomic E-state index is 8.54. The van der Waals surface area contributed by atoms with E-state index in [0.29, 0.717) is 5.95 Å². The molecule has 0 amide bonds. The first-order chi connectivity index (χ1) is 5.69. The molecule has 12 heavy (non-hydrogen) atoms. The van der Waals surface area contributed by atoms with Crippen molar-refractivity contribution in [2.75, 3.05) is 12.4 Å². The molecule has 6 heteroatoms. The van der Waals surface area contributed by atoms with Crippen LogP contribution in [-0.4, -0.2) is 17.0 Å². The minimum Gasteiger partial charge on any atom is -0.357 e. The maximum Gasteiger partial charge on any atom is 0.225 e. The second-order valence-corrected chi connectivity index (χ2v) is 2.58. The van der Waals surface area contributed by atoms with Crippen molar-refractivity contribution in [2.45, 2.75) is 0 Å². The van der Waals surface area contributed by atoms with Crippen LogP contribution in [0.25, 0.3) is 0 Å². The normalized spacial score (nSPS) is 9.17. The molecule has 1 heterocycles. The molecule has 0 aliphatic rings. The van der Waals surface area contributed by atoms with Crippen LogP contribution in [0, 0.1) is 11.3 Å². The fourth-order valence-electron chi connectivity index (χ4n) is 0.612. The molecule has 0 saturated carbocycles. The average molecular weight is 203 g/mol. The van der Waals surface area contributed by atoms with Crippen molar-refractivity contribution >= 4 is 29.2 Å². The van der Waals surface area contributed by atoms with Crippen molar-refractivity contribution < 1.29 is 0 Å². The predicted octanol–water partition coefficient (Wildman–Crippen LogP) is 1.70. The van der Waals surface area contributed by atoms with Crippen molar-refractivity contribution in [3.8, 4) is 6.07 Å². The first-order valence-electron chi connectivity index (χ1n) is 3.00. The summed E-state index contributed by atoms with van der Waals surface area (Å²) in [4.78, 5) is 7.52. The number of hydrogen-bond acceptors (Lipinski definition) is 4. The third kappa shape index (κ3) is 1.58. The Morgan fingerprint density at radius 3 is 2.17 bits per heavy atom. The minimum atomic E-state index is 0.0573. The van der Waals surface area contributed by atoms with Crippen molar-refractivity contribution in [3.05, 3.63) is 15.9 Å². The number of aromatic nitrogens is 2. The Morgan fingerprint density at radius 2 is 1.83 bits per heavy atom. The monoisotopic (exact) mass is 202 g/mol. The quantitative estimate of drug-likeness (QED) is 0.705. The lowest BCUT2D eigenvalue weighted by atomic mass is 10.4. The summed E-state index contributed by atoms with van der Waals surface area (Å²) in [5.74, 6) is 0.295. The number of rotatable bonds is 1. The summed E-state index contributed by atoms with van der Waals surface area (Å²) in [6, 6.07) is 1.80. The molecule has 4 nitrogen and oxygen atoms in total. The number of nitrogens with zero attached hydrogens (tertiary/aromatic N) is 3. The molecule has 0 saturated heterocycles. The summed E-state index contributed by atoms with van der Waals surface area (Å²) >= 11 is 11.2. The highest BCUT2D eigenvalue weighted by atomic mass is 35.5. The number of halogens is 2. The van der Waals surface area contributed by atoms with Gasteiger partial charge in [0.25, 0.3) is 0 Å². The summed E-state index contributed by atoms with van der Waals surface area (Å²) in [5.41, 5.74) is 0.0948. The number of nitriles is 1. The zero-order chi connectivity index (χ0) is 9.14. The summed E-state index contributed by atoms with van der Waals surface area (Å²) < 4.78 is 0. The fraction of sp³-hybridized carbons (Fsp3) is 0.167. The zero-order valence-electron chi connectivity index (χ0n) is 6.10. The van der Waals surface area contributed by atoms with Crippen LogP contribution in [0.5, 0.6) is 0 Å². The summed E-state index contributed by atoms with van der Waals surface area (Å²) in [6.45, 7) is 0. The van der Waals surface area contributed by atoms with Gasteiger partial charge in [-0.25, -0.2) is 0 Å². The Hall–Kier alpha value is -1.05. The summed E-state index contributed by atoms with van der Waals surface area (Å²) in [6.07, 6.45) is 0. The van der Waals surface area contributed by atoms with Crippen LogP contribution in [-0.2, 0) is 0 Å². The lowest BCUT2D eigenvalue weighted by molar-refractivity contribution is 1.14. The third-order valence-electron chi connectivity index (χ3n) is 1.16. The van der Waals surface area contributed by atoms with Gasteiger partial charge in [0.05, 0.1) is 0 Å². The number of hydrogen-bond donors (Lipinski definition) is 1. The Kier molecular flexibility index (Phi) is 2.69. The highest BCUT2D eigenvalue weighted by Crippen LogP contribution is 2.21. The second kappa shape index (κ2) is 3.57. The summed E-state index contributed by atoms with van der Waals surface area (Å²) in [7, 11) is 1.63. The molecule has 1 N–H and O–H groups in total. The van der Waals surface area contributed by atoms with E-state index in [9.17, 15) is 0 Å². The molecule has 1 aromatic heterocycles.